The van der Waals surface area contributed by atoms with Crippen molar-refractivity contribution in [1.29, 1.82) is 0 Å². The lowest BCUT2D eigenvalue weighted by molar-refractivity contribution is -0.123. The van der Waals surface area contributed by atoms with Gasteiger partial charge in [-0.15, -0.1) is 0 Å². The van der Waals surface area contributed by atoms with E-state index >= 15 is 0 Å². The SMILES string of the molecule is COc1ccc2nc(NC(=O)C(C)OC(=O)c3c4c(nc5ccccc35)CCN(Cc3ccccc3)C4)sc2c1. The predicted octanol–water partition coefficient (Wildman–Crippen LogP) is 5.60. The molecule has 5 aromatic rings. The van der Waals surface area contributed by atoms with E-state index < -0.39 is 18.0 Å². The van der Waals surface area contributed by atoms with E-state index in [9.17, 15) is 9.59 Å². The Morgan fingerprint density at radius 1 is 1.02 bits per heavy atom. The number of aromatic nitrogens is 2. The molecule has 202 valence electrons. The van der Waals surface area contributed by atoms with Crippen LogP contribution < -0.4 is 10.1 Å². The summed E-state index contributed by atoms with van der Waals surface area (Å²) >= 11 is 1.33. The smallest absolute Gasteiger partial charge is 0.339 e. The zero-order valence-corrected chi connectivity index (χ0v) is 23.0. The van der Waals surface area contributed by atoms with Gasteiger partial charge in [-0.05, 0) is 36.8 Å². The Bertz CT molecular complexity index is 1720. The van der Waals surface area contributed by atoms with Crippen LogP contribution in [0.15, 0.2) is 72.8 Å². The van der Waals surface area contributed by atoms with Crippen LogP contribution in [0.25, 0.3) is 21.1 Å². The van der Waals surface area contributed by atoms with Crippen molar-refractivity contribution in [2.75, 3.05) is 19.0 Å². The maximum absolute atomic E-state index is 13.7. The number of carbonyl (C=O) groups excluding carboxylic acids is 2. The Balaban J connectivity index is 1.23. The van der Waals surface area contributed by atoms with Gasteiger partial charge in [-0.25, -0.2) is 9.78 Å². The summed E-state index contributed by atoms with van der Waals surface area (Å²) < 4.78 is 11.9. The largest absolute Gasteiger partial charge is 0.497 e. The number of fused-ring (bicyclic) bond motifs is 3. The third-order valence-electron chi connectivity index (χ3n) is 7.06. The van der Waals surface area contributed by atoms with Crippen LogP contribution in [0, 0.1) is 0 Å². The van der Waals surface area contributed by atoms with Gasteiger partial charge >= 0.3 is 5.97 Å². The number of hydrogen-bond donors (Lipinski definition) is 1. The van der Waals surface area contributed by atoms with Gasteiger partial charge < -0.3 is 9.47 Å². The first-order valence-electron chi connectivity index (χ1n) is 13.1. The molecule has 3 heterocycles. The molecule has 0 spiro atoms. The monoisotopic (exact) mass is 552 g/mol. The van der Waals surface area contributed by atoms with Gasteiger partial charge in [0.05, 0.1) is 28.4 Å². The van der Waals surface area contributed by atoms with Crippen LogP contribution >= 0.6 is 11.3 Å². The van der Waals surface area contributed by atoms with Crippen molar-refractivity contribution < 1.29 is 19.1 Å². The number of anilines is 1. The number of esters is 1. The van der Waals surface area contributed by atoms with Crippen LogP contribution in [0.1, 0.15) is 34.1 Å². The van der Waals surface area contributed by atoms with Gasteiger partial charge in [0.15, 0.2) is 11.2 Å². The van der Waals surface area contributed by atoms with Gasteiger partial charge in [-0.3, -0.25) is 20.0 Å². The Morgan fingerprint density at radius 3 is 2.65 bits per heavy atom. The van der Waals surface area contributed by atoms with Crippen molar-refractivity contribution in [3.8, 4) is 5.75 Å². The van der Waals surface area contributed by atoms with E-state index in [2.05, 4.69) is 27.3 Å². The third kappa shape index (κ3) is 5.25. The normalized spacial score (nSPS) is 14.1. The molecule has 0 bridgehead atoms. The number of carbonyl (C=O) groups is 2. The molecule has 1 N–H and O–H groups in total. The molecule has 6 rings (SSSR count). The summed E-state index contributed by atoms with van der Waals surface area (Å²) in [6.45, 7) is 3.76. The highest BCUT2D eigenvalue weighted by Crippen LogP contribution is 2.31. The maximum atomic E-state index is 13.7. The van der Waals surface area contributed by atoms with Crippen molar-refractivity contribution in [3.05, 3.63) is 95.2 Å². The number of amides is 1. The number of para-hydroxylation sites is 1. The second-order valence-electron chi connectivity index (χ2n) is 9.76. The average molecular weight is 553 g/mol. The molecule has 0 aliphatic carbocycles. The van der Waals surface area contributed by atoms with E-state index in [-0.39, 0.29) is 0 Å². The van der Waals surface area contributed by atoms with E-state index in [4.69, 9.17) is 14.5 Å². The minimum absolute atomic E-state index is 0.430. The zero-order chi connectivity index (χ0) is 27.6. The molecular weight excluding hydrogens is 524 g/mol. The second-order valence-corrected chi connectivity index (χ2v) is 10.8. The molecule has 0 saturated heterocycles. The first-order valence-corrected chi connectivity index (χ1v) is 13.9. The van der Waals surface area contributed by atoms with E-state index in [1.807, 2.05) is 60.7 Å². The molecule has 1 unspecified atom stereocenters. The first-order chi connectivity index (χ1) is 19.5. The summed E-state index contributed by atoms with van der Waals surface area (Å²) in [7, 11) is 1.60. The Labute approximate surface area is 235 Å². The number of pyridine rings is 1. The fourth-order valence-electron chi connectivity index (χ4n) is 5.02. The highest BCUT2D eigenvalue weighted by molar-refractivity contribution is 7.22. The van der Waals surface area contributed by atoms with Crippen LogP contribution in [-0.4, -0.2) is 46.5 Å². The van der Waals surface area contributed by atoms with Crippen molar-refractivity contribution in [3.63, 3.8) is 0 Å². The number of nitrogens with one attached hydrogen (secondary N) is 1. The topological polar surface area (TPSA) is 93.7 Å². The second kappa shape index (κ2) is 11.0. The number of nitrogens with zero attached hydrogens (tertiary/aromatic N) is 3. The van der Waals surface area contributed by atoms with E-state index in [1.165, 1.54) is 16.9 Å². The number of benzene rings is 3. The van der Waals surface area contributed by atoms with Gasteiger partial charge in [-0.2, -0.15) is 0 Å². The van der Waals surface area contributed by atoms with E-state index in [0.717, 1.165) is 51.9 Å². The molecule has 40 heavy (non-hydrogen) atoms. The lowest BCUT2D eigenvalue weighted by atomic mass is 9.95. The van der Waals surface area contributed by atoms with Crippen molar-refractivity contribution in [2.24, 2.45) is 0 Å². The van der Waals surface area contributed by atoms with Crippen molar-refractivity contribution in [1.82, 2.24) is 14.9 Å². The predicted molar refractivity (Wildman–Crippen MR) is 156 cm³/mol. The highest BCUT2D eigenvalue weighted by Gasteiger charge is 2.29. The molecule has 1 aliphatic rings. The third-order valence-corrected chi connectivity index (χ3v) is 7.99. The molecule has 9 heteroatoms. The van der Waals surface area contributed by atoms with Crippen molar-refractivity contribution in [2.45, 2.75) is 32.5 Å². The molecule has 3 aromatic carbocycles. The van der Waals surface area contributed by atoms with Crippen LogP contribution in [0.4, 0.5) is 5.13 Å². The molecule has 1 amide bonds. The van der Waals surface area contributed by atoms with E-state index in [1.54, 1.807) is 14.0 Å². The minimum Gasteiger partial charge on any atom is -0.497 e. The molecule has 1 aliphatic heterocycles. The number of ether oxygens (including phenoxy) is 2. The molecule has 0 fully saturated rings. The summed E-state index contributed by atoms with van der Waals surface area (Å²) in [5.41, 5.74) is 4.94. The van der Waals surface area contributed by atoms with Crippen LogP contribution in [-0.2, 0) is 29.0 Å². The van der Waals surface area contributed by atoms with Crippen molar-refractivity contribution >= 4 is 49.5 Å². The van der Waals surface area contributed by atoms with Gasteiger partial charge in [0.25, 0.3) is 5.91 Å². The van der Waals surface area contributed by atoms with Gasteiger partial charge in [0.2, 0.25) is 0 Å². The summed E-state index contributed by atoms with van der Waals surface area (Å²) in [4.78, 5) is 38.4. The molecule has 1 atom stereocenters. The zero-order valence-electron chi connectivity index (χ0n) is 22.2. The first kappa shape index (κ1) is 25.9. The fraction of sp³-hybridized carbons (Fsp3) is 0.226. The quantitative estimate of drug-likeness (QED) is 0.263. The van der Waals surface area contributed by atoms with Crippen LogP contribution in [0.5, 0.6) is 5.75 Å². The lowest BCUT2D eigenvalue weighted by Gasteiger charge is -2.30. The molecule has 2 aromatic heterocycles. The standard InChI is InChI=1S/C31H28N4O4S/c1-19(29(36)34-31-33-26-13-12-21(38-2)16-27(26)40-31)39-30(37)28-22-10-6-7-11-24(22)32-25-14-15-35(18-23(25)28)17-20-8-4-3-5-9-20/h3-13,16,19H,14-15,17-18H2,1-2H3,(H,33,34,36). The lowest BCUT2D eigenvalue weighted by Crippen LogP contribution is -2.34. The summed E-state index contributed by atoms with van der Waals surface area (Å²) in [6, 6.07) is 23.4. The molecule has 0 radical (unpaired) electrons. The number of methoxy groups -OCH3 is 1. The summed E-state index contributed by atoms with van der Waals surface area (Å²) in [5.74, 6) is -0.267. The van der Waals surface area contributed by atoms with Gasteiger partial charge in [0, 0.05) is 42.7 Å². The van der Waals surface area contributed by atoms with E-state index in [0.29, 0.717) is 23.0 Å². The number of thiazole rings is 1. The number of rotatable bonds is 7. The number of hydrogen-bond acceptors (Lipinski definition) is 8. The highest BCUT2D eigenvalue weighted by atomic mass is 32.1. The molecular formula is C31H28N4O4S. The van der Waals surface area contributed by atoms with Gasteiger partial charge in [0.1, 0.15) is 5.75 Å². The Kier molecular flexibility index (Phi) is 7.15. The Hall–Kier alpha value is -4.34. The fourth-order valence-corrected chi connectivity index (χ4v) is 5.92. The average Bonchev–Trinajstić information content (AvgIpc) is 3.37. The summed E-state index contributed by atoms with van der Waals surface area (Å²) in [6.07, 6.45) is -0.299. The van der Waals surface area contributed by atoms with Crippen LogP contribution in [0.2, 0.25) is 0 Å². The Morgan fingerprint density at radius 2 is 1.82 bits per heavy atom. The van der Waals surface area contributed by atoms with Gasteiger partial charge in [-0.1, -0.05) is 59.9 Å². The van der Waals surface area contributed by atoms with Crippen LogP contribution in [0.3, 0.4) is 0 Å². The minimum atomic E-state index is -1.03. The molecule has 0 saturated carbocycles. The molecule has 8 nitrogen and oxygen atoms in total. The summed E-state index contributed by atoms with van der Waals surface area (Å²) in [5, 5.41) is 3.94. The maximum Gasteiger partial charge on any atom is 0.339 e.